The Bertz CT molecular complexity index is 559. The van der Waals surface area contributed by atoms with E-state index in [4.69, 9.17) is 0 Å². The molecule has 0 atom stereocenters. The molecule has 18 heavy (non-hydrogen) atoms. The normalized spacial score (nSPS) is 21.6. The van der Waals surface area contributed by atoms with Crippen molar-refractivity contribution in [2.45, 2.75) is 22.6 Å². The van der Waals surface area contributed by atoms with Crippen LogP contribution < -0.4 is 0 Å². The molecule has 0 unspecified atom stereocenters. The maximum atomic E-state index is 2.39. The molecule has 2 heterocycles. The molecule has 2 aliphatic heterocycles. The molecule has 90 valence electrons. The molecule has 0 amide bonds. The van der Waals surface area contributed by atoms with Crippen LogP contribution in [0, 0.1) is 0 Å². The zero-order valence-electron chi connectivity index (χ0n) is 9.51. The minimum atomic E-state index is 1.20. The van der Waals surface area contributed by atoms with Gasteiger partial charge in [0.05, 0.1) is 8.47 Å². The van der Waals surface area contributed by atoms with Crippen molar-refractivity contribution in [1.29, 1.82) is 0 Å². The first-order chi connectivity index (χ1) is 8.90. The van der Waals surface area contributed by atoms with E-state index in [1.165, 1.54) is 40.9 Å². The summed E-state index contributed by atoms with van der Waals surface area (Å²) in [5.41, 5.74) is 0. The van der Waals surface area contributed by atoms with Crippen LogP contribution >= 0.6 is 47.0 Å². The minimum absolute atomic E-state index is 1.20. The van der Waals surface area contributed by atoms with Crippen molar-refractivity contribution in [3.63, 3.8) is 0 Å². The molecule has 0 spiro atoms. The molecule has 0 nitrogen and oxygen atoms in total. The Labute approximate surface area is 124 Å². The van der Waals surface area contributed by atoms with E-state index in [1.807, 2.05) is 47.0 Å². The number of hydrogen-bond donors (Lipinski definition) is 0. The maximum Gasteiger partial charge on any atom is 0.0706 e. The van der Waals surface area contributed by atoms with Gasteiger partial charge in [0.1, 0.15) is 0 Å². The van der Waals surface area contributed by atoms with Gasteiger partial charge in [-0.15, -0.1) is 0 Å². The second-order valence-electron chi connectivity index (χ2n) is 4.14. The fraction of sp³-hybridized carbons (Fsp3) is 0.143. The van der Waals surface area contributed by atoms with Crippen LogP contribution in [0.5, 0.6) is 0 Å². The lowest BCUT2D eigenvalue weighted by molar-refractivity contribution is 1.03. The van der Waals surface area contributed by atoms with Crippen LogP contribution in [0.2, 0.25) is 0 Å². The van der Waals surface area contributed by atoms with E-state index in [1.54, 1.807) is 0 Å². The van der Waals surface area contributed by atoms with E-state index in [0.29, 0.717) is 0 Å². The highest BCUT2D eigenvalue weighted by molar-refractivity contribution is 8.33. The van der Waals surface area contributed by atoms with Crippen molar-refractivity contribution < 1.29 is 0 Å². The number of thioether (sulfide) groups is 4. The Kier molecular flexibility index (Phi) is 3.07. The van der Waals surface area contributed by atoms with Gasteiger partial charge in [0.15, 0.2) is 0 Å². The molecule has 3 aliphatic rings. The monoisotopic (exact) mass is 306 g/mol. The molecule has 0 N–H and O–H groups in total. The zero-order valence-corrected chi connectivity index (χ0v) is 12.8. The Morgan fingerprint density at radius 1 is 0.667 bits per heavy atom. The molecule has 1 aromatic rings. The van der Waals surface area contributed by atoms with Gasteiger partial charge in [-0.05, 0) is 25.0 Å². The van der Waals surface area contributed by atoms with Crippen molar-refractivity contribution >= 4 is 47.0 Å². The van der Waals surface area contributed by atoms with Gasteiger partial charge in [-0.2, -0.15) is 0 Å². The zero-order chi connectivity index (χ0) is 11.9. The smallest absolute Gasteiger partial charge is 0.0706 e. The highest BCUT2D eigenvalue weighted by atomic mass is 32.2. The van der Waals surface area contributed by atoms with Crippen LogP contribution in [0.25, 0.3) is 0 Å². The Morgan fingerprint density at radius 3 is 1.72 bits per heavy atom. The summed E-state index contributed by atoms with van der Waals surface area (Å²) in [7, 11) is 0. The van der Waals surface area contributed by atoms with Crippen LogP contribution in [-0.2, 0) is 0 Å². The standard InChI is InChI=1S/C14H10S4/c1-2-6-10-9(5-1)15-13(16-10)14-17-11-7-3-4-8-12(11)18-14/h1-2,5-8H,3-4H2. The topological polar surface area (TPSA) is 0 Å². The maximum absolute atomic E-state index is 2.39. The molecule has 0 bridgehead atoms. The van der Waals surface area contributed by atoms with Crippen molar-refractivity contribution in [1.82, 2.24) is 0 Å². The summed E-state index contributed by atoms with van der Waals surface area (Å²) >= 11 is 7.76. The lowest BCUT2D eigenvalue weighted by Gasteiger charge is -2.02. The van der Waals surface area contributed by atoms with Gasteiger partial charge < -0.3 is 0 Å². The van der Waals surface area contributed by atoms with E-state index < -0.39 is 0 Å². The average molecular weight is 307 g/mol. The van der Waals surface area contributed by atoms with Crippen molar-refractivity contribution in [2.75, 3.05) is 0 Å². The second-order valence-corrected chi connectivity index (χ2v) is 8.87. The third-order valence-corrected chi connectivity index (χ3v) is 8.59. The van der Waals surface area contributed by atoms with E-state index in [0.717, 1.165) is 0 Å². The third-order valence-electron chi connectivity index (χ3n) is 2.90. The summed E-state index contributed by atoms with van der Waals surface area (Å²) in [6.07, 6.45) is 7.18. The van der Waals surface area contributed by atoms with Crippen LogP contribution in [0.4, 0.5) is 0 Å². The van der Waals surface area contributed by atoms with E-state index in [-0.39, 0.29) is 0 Å². The first-order valence-corrected chi connectivity index (χ1v) is 9.12. The predicted octanol–water partition coefficient (Wildman–Crippen LogP) is 6.05. The molecular weight excluding hydrogens is 296 g/mol. The van der Waals surface area contributed by atoms with Gasteiger partial charge in [0.25, 0.3) is 0 Å². The van der Waals surface area contributed by atoms with Crippen LogP contribution in [0.3, 0.4) is 0 Å². The molecule has 1 aromatic carbocycles. The van der Waals surface area contributed by atoms with Crippen molar-refractivity contribution in [3.8, 4) is 0 Å². The van der Waals surface area contributed by atoms with Crippen LogP contribution in [0.1, 0.15) is 12.8 Å². The van der Waals surface area contributed by atoms with Gasteiger partial charge >= 0.3 is 0 Å². The summed E-state index contributed by atoms with van der Waals surface area (Å²) in [4.78, 5) is 5.77. The second kappa shape index (κ2) is 4.75. The van der Waals surface area contributed by atoms with Gasteiger partial charge in [-0.1, -0.05) is 71.3 Å². The summed E-state index contributed by atoms with van der Waals surface area (Å²) in [5.74, 6) is 0. The van der Waals surface area contributed by atoms with E-state index in [2.05, 4.69) is 36.4 Å². The fourth-order valence-electron chi connectivity index (χ4n) is 2.04. The summed E-state index contributed by atoms with van der Waals surface area (Å²) in [5, 5.41) is 0. The molecule has 4 heteroatoms. The van der Waals surface area contributed by atoms with Gasteiger partial charge in [0.2, 0.25) is 0 Å². The molecular formula is C14H10S4. The highest BCUT2D eigenvalue weighted by Crippen LogP contribution is 2.62. The first-order valence-electron chi connectivity index (χ1n) is 5.85. The lowest BCUT2D eigenvalue weighted by atomic mass is 10.2. The third kappa shape index (κ3) is 1.99. The van der Waals surface area contributed by atoms with E-state index >= 15 is 0 Å². The predicted molar refractivity (Wildman–Crippen MR) is 85.8 cm³/mol. The Balaban J connectivity index is 1.68. The molecule has 0 aromatic heterocycles. The Morgan fingerprint density at radius 2 is 1.17 bits per heavy atom. The van der Waals surface area contributed by atoms with Crippen molar-refractivity contribution in [3.05, 3.63) is 54.7 Å². The largest absolute Gasteiger partial charge is 0.0801 e. The first kappa shape index (κ1) is 11.6. The summed E-state index contributed by atoms with van der Waals surface area (Å²) < 4.78 is 2.93. The lowest BCUT2D eigenvalue weighted by Crippen LogP contribution is -1.80. The van der Waals surface area contributed by atoms with E-state index in [9.17, 15) is 0 Å². The van der Waals surface area contributed by atoms with Gasteiger partial charge in [-0.25, -0.2) is 0 Å². The van der Waals surface area contributed by atoms with Crippen LogP contribution in [-0.4, -0.2) is 0 Å². The number of rotatable bonds is 0. The molecule has 0 radical (unpaired) electrons. The van der Waals surface area contributed by atoms with Crippen LogP contribution in [0.15, 0.2) is 64.5 Å². The number of hydrogen-bond acceptors (Lipinski definition) is 4. The minimum Gasteiger partial charge on any atom is -0.0801 e. The molecule has 4 rings (SSSR count). The number of benzene rings is 1. The summed E-state index contributed by atoms with van der Waals surface area (Å²) in [6, 6.07) is 8.69. The molecule has 1 saturated heterocycles. The summed E-state index contributed by atoms with van der Waals surface area (Å²) in [6.45, 7) is 0. The molecule has 0 saturated carbocycles. The molecule has 1 aliphatic carbocycles. The number of fused-ring (bicyclic) bond motifs is 2. The highest BCUT2D eigenvalue weighted by Gasteiger charge is 2.28. The number of allylic oxidation sites excluding steroid dienone is 2. The van der Waals surface area contributed by atoms with Gasteiger partial charge in [-0.3, -0.25) is 0 Å². The quantitative estimate of drug-likeness (QED) is 0.571. The SMILES string of the molecule is C1=C2SC(=C3Sc4ccccc4S3)SC2=CCC1. The van der Waals surface area contributed by atoms with Crippen molar-refractivity contribution in [2.24, 2.45) is 0 Å². The van der Waals surface area contributed by atoms with Gasteiger partial charge in [0, 0.05) is 19.6 Å². The molecule has 1 fully saturated rings. The fourth-order valence-corrected chi connectivity index (χ4v) is 7.48. The average Bonchev–Trinajstić information content (AvgIpc) is 3.02. The Hall–Kier alpha value is -0.160.